The van der Waals surface area contributed by atoms with E-state index in [1.165, 1.54) is 0 Å². The molecular weight excluding hydrogens is 264 g/mol. The van der Waals surface area contributed by atoms with Gasteiger partial charge in [-0.1, -0.05) is 12.1 Å². The number of ether oxygens (including phenoxy) is 1. The van der Waals surface area contributed by atoms with E-state index in [1.54, 1.807) is 18.2 Å². The topological polar surface area (TPSA) is 81.4 Å². The molecule has 1 aliphatic heterocycles. The zero-order valence-electron chi connectivity index (χ0n) is 11.0. The molecule has 6 heteroatoms. The molecule has 0 bridgehead atoms. The van der Waals surface area contributed by atoms with Crippen LogP contribution in [-0.4, -0.2) is 26.9 Å². The molecule has 2 rings (SSSR count). The molecule has 1 aromatic rings. The van der Waals surface area contributed by atoms with Gasteiger partial charge in [-0.2, -0.15) is 0 Å². The molecule has 5 nitrogen and oxygen atoms in total. The van der Waals surface area contributed by atoms with E-state index in [-0.39, 0.29) is 17.9 Å². The second-order valence-electron chi connectivity index (χ2n) is 4.93. The number of hydrogen-bond donors (Lipinski definition) is 2. The predicted molar refractivity (Wildman–Crippen MR) is 75.4 cm³/mol. The summed E-state index contributed by atoms with van der Waals surface area (Å²) >= 11 is 0. The van der Waals surface area contributed by atoms with E-state index in [0.29, 0.717) is 12.3 Å². The number of anilines is 1. The Bertz CT molecular complexity index is 522. The van der Waals surface area contributed by atoms with Crippen molar-refractivity contribution in [1.29, 1.82) is 0 Å². The Labute approximate surface area is 114 Å². The van der Waals surface area contributed by atoms with Gasteiger partial charge in [0.05, 0.1) is 11.9 Å². The van der Waals surface area contributed by atoms with Crippen LogP contribution in [0, 0.1) is 0 Å². The molecule has 1 aromatic carbocycles. The Hall–Kier alpha value is -1.11. The highest BCUT2D eigenvalue weighted by Crippen LogP contribution is 2.19. The van der Waals surface area contributed by atoms with E-state index >= 15 is 0 Å². The Morgan fingerprint density at radius 2 is 2.32 bits per heavy atom. The number of benzene rings is 1. The maximum absolute atomic E-state index is 12.0. The Morgan fingerprint density at radius 3 is 2.95 bits per heavy atom. The molecule has 0 amide bonds. The van der Waals surface area contributed by atoms with Gasteiger partial charge in [-0.3, -0.25) is 4.72 Å². The third-order valence-corrected chi connectivity index (χ3v) is 4.47. The van der Waals surface area contributed by atoms with Crippen LogP contribution in [0.15, 0.2) is 24.3 Å². The summed E-state index contributed by atoms with van der Waals surface area (Å²) in [7, 11) is -3.38. The number of sulfonamides is 1. The molecule has 1 saturated heterocycles. The van der Waals surface area contributed by atoms with Crippen molar-refractivity contribution in [3.8, 4) is 0 Å². The van der Waals surface area contributed by atoms with Crippen LogP contribution in [0.4, 0.5) is 5.69 Å². The predicted octanol–water partition coefficient (Wildman–Crippen LogP) is 1.63. The lowest BCUT2D eigenvalue weighted by molar-refractivity contribution is 0.127. The third-order valence-electron chi connectivity index (χ3n) is 3.12. The van der Waals surface area contributed by atoms with Gasteiger partial charge >= 0.3 is 0 Å². The van der Waals surface area contributed by atoms with Gasteiger partial charge in [0, 0.05) is 18.3 Å². The summed E-state index contributed by atoms with van der Waals surface area (Å²) in [5, 5.41) is 0. The first-order valence-corrected chi connectivity index (χ1v) is 8.09. The quantitative estimate of drug-likeness (QED) is 0.861. The van der Waals surface area contributed by atoms with Crippen molar-refractivity contribution in [1.82, 2.24) is 0 Å². The summed E-state index contributed by atoms with van der Waals surface area (Å²) in [4.78, 5) is 0. The van der Waals surface area contributed by atoms with Crippen LogP contribution in [-0.2, 0) is 14.8 Å². The maximum atomic E-state index is 12.0. The number of nitrogens with two attached hydrogens (primary N) is 1. The van der Waals surface area contributed by atoms with E-state index in [1.807, 2.05) is 13.0 Å². The molecule has 0 spiro atoms. The van der Waals surface area contributed by atoms with Crippen LogP contribution in [0.5, 0.6) is 0 Å². The molecular formula is C13H20N2O3S. The van der Waals surface area contributed by atoms with Gasteiger partial charge in [0.25, 0.3) is 0 Å². The molecule has 1 fully saturated rings. The standard InChI is InChI=1S/C13H20N2O3S/c1-10(14)11-4-2-5-12(8-11)15-19(16,17)9-13-6-3-7-18-13/h2,4-5,8,10,13,15H,3,6-7,9,14H2,1H3. The van der Waals surface area contributed by atoms with Crippen LogP contribution >= 0.6 is 0 Å². The van der Waals surface area contributed by atoms with Gasteiger partial charge in [-0.25, -0.2) is 8.42 Å². The Kier molecular flexibility index (Phi) is 4.44. The van der Waals surface area contributed by atoms with Crippen molar-refractivity contribution in [3.05, 3.63) is 29.8 Å². The van der Waals surface area contributed by atoms with Gasteiger partial charge in [0.2, 0.25) is 10.0 Å². The lowest BCUT2D eigenvalue weighted by atomic mass is 10.1. The SMILES string of the molecule is CC(N)c1cccc(NS(=O)(=O)CC2CCCO2)c1. The van der Waals surface area contributed by atoms with Gasteiger partial charge < -0.3 is 10.5 Å². The fourth-order valence-corrected chi connectivity index (χ4v) is 3.45. The van der Waals surface area contributed by atoms with Crippen molar-refractivity contribution >= 4 is 15.7 Å². The third kappa shape index (κ3) is 4.19. The van der Waals surface area contributed by atoms with Crippen molar-refractivity contribution in [2.45, 2.75) is 31.9 Å². The summed E-state index contributed by atoms with van der Waals surface area (Å²) in [6, 6.07) is 7.03. The normalized spacial score (nSPS) is 21.3. The van der Waals surface area contributed by atoms with E-state index < -0.39 is 10.0 Å². The first kappa shape index (κ1) is 14.3. The number of nitrogens with one attached hydrogen (secondary N) is 1. The summed E-state index contributed by atoms with van der Waals surface area (Å²) < 4.78 is 32.0. The highest BCUT2D eigenvalue weighted by atomic mass is 32.2. The largest absolute Gasteiger partial charge is 0.377 e. The average molecular weight is 284 g/mol. The Morgan fingerprint density at radius 1 is 1.53 bits per heavy atom. The zero-order chi connectivity index (χ0) is 13.9. The fraction of sp³-hybridized carbons (Fsp3) is 0.538. The first-order valence-electron chi connectivity index (χ1n) is 6.44. The molecule has 0 aromatic heterocycles. The van der Waals surface area contributed by atoms with Crippen LogP contribution in [0.3, 0.4) is 0 Å². The fourth-order valence-electron chi connectivity index (χ4n) is 2.13. The molecule has 0 radical (unpaired) electrons. The zero-order valence-corrected chi connectivity index (χ0v) is 11.8. The molecule has 106 valence electrons. The molecule has 0 saturated carbocycles. The minimum absolute atomic E-state index is 0.00933. The molecule has 1 heterocycles. The van der Waals surface area contributed by atoms with Gasteiger partial charge in [0.15, 0.2) is 0 Å². The van der Waals surface area contributed by atoms with Gasteiger partial charge in [0.1, 0.15) is 0 Å². The molecule has 19 heavy (non-hydrogen) atoms. The van der Waals surface area contributed by atoms with E-state index in [4.69, 9.17) is 10.5 Å². The average Bonchev–Trinajstić information content (AvgIpc) is 2.80. The highest BCUT2D eigenvalue weighted by Gasteiger charge is 2.23. The smallest absolute Gasteiger partial charge is 0.235 e. The van der Waals surface area contributed by atoms with Crippen LogP contribution in [0.2, 0.25) is 0 Å². The molecule has 2 unspecified atom stereocenters. The lowest BCUT2D eigenvalue weighted by Gasteiger charge is -2.13. The lowest BCUT2D eigenvalue weighted by Crippen LogP contribution is -2.25. The maximum Gasteiger partial charge on any atom is 0.235 e. The molecule has 3 N–H and O–H groups in total. The summed E-state index contributed by atoms with van der Waals surface area (Å²) in [5.41, 5.74) is 7.23. The minimum atomic E-state index is -3.38. The van der Waals surface area contributed by atoms with Crippen LogP contribution in [0.1, 0.15) is 31.4 Å². The molecule has 1 aliphatic rings. The van der Waals surface area contributed by atoms with Crippen LogP contribution < -0.4 is 10.5 Å². The second-order valence-corrected chi connectivity index (χ2v) is 6.70. The minimum Gasteiger partial charge on any atom is -0.377 e. The van der Waals surface area contributed by atoms with Crippen molar-refractivity contribution in [2.75, 3.05) is 17.1 Å². The monoisotopic (exact) mass is 284 g/mol. The number of hydrogen-bond acceptors (Lipinski definition) is 4. The number of rotatable bonds is 5. The van der Waals surface area contributed by atoms with Crippen molar-refractivity contribution in [3.63, 3.8) is 0 Å². The second kappa shape index (κ2) is 5.90. The van der Waals surface area contributed by atoms with Crippen molar-refractivity contribution < 1.29 is 13.2 Å². The molecule has 0 aliphatic carbocycles. The van der Waals surface area contributed by atoms with Gasteiger partial charge in [-0.15, -0.1) is 0 Å². The van der Waals surface area contributed by atoms with Crippen LogP contribution in [0.25, 0.3) is 0 Å². The van der Waals surface area contributed by atoms with Gasteiger partial charge in [-0.05, 0) is 37.5 Å². The summed E-state index contributed by atoms with van der Waals surface area (Å²) in [5.74, 6) is 0.00933. The first-order chi connectivity index (χ1) is 8.96. The Balaban J connectivity index is 2.04. The summed E-state index contributed by atoms with van der Waals surface area (Å²) in [6.45, 7) is 2.51. The highest BCUT2D eigenvalue weighted by molar-refractivity contribution is 7.92. The van der Waals surface area contributed by atoms with Crippen molar-refractivity contribution in [2.24, 2.45) is 5.73 Å². The van der Waals surface area contributed by atoms with E-state index in [9.17, 15) is 8.42 Å². The van der Waals surface area contributed by atoms with E-state index in [2.05, 4.69) is 4.72 Å². The van der Waals surface area contributed by atoms with E-state index in [0.717, 1.165) is 18.4 Å². The molecule has 2 atom stereocenters. The summed E-state index contributed by atoms with van der Waals surface area (Å²) in [6.07, 6.45) is 1.55.